The van der Waals surface area contributed by atoms with Crippen molar-refractivity contribution in [1.29, 1.82) is 0 Å². The third kappa shape index (κ3) is 32.3. The van der Waals surface area contributed by atoms with E-state index in [9.17, 15) is 0 Å². The second-order valence-corrected chi connectivity index (χ2v) is 3.76. The van der Waals surface area contributed by atoms with Gasteiger partial charge >= 0.3 is 21.7 Å². The minimum atomic E-state index is 0. The third-order valence-corrected chi connectivity index (χ3v) is 2.16. The van der Waals surface area contributed by atoms with Gasteiger partial charge in [-0.2, -0.15) is 52.4 Å². The molecule has 0 saturated heterocycles. The van der Waals surface area contributed by atoms with Crippen molar-refractivity contribution in [3.05, 3.63) is 21.3 Å². The molecule has 0 aromatic carbocycles. The number of rotatable bonds is 12. The van der Waals surface area contributed by atoms with Gasteiger partial charge in [0.1, 0.15) is 0 Å². The Bertz CT molecular complexity index is 100. The van der Waals surface area contributed by atoms with Crippen LogP contribution in [0.2, 0.25) is 0 Å². The molecule has 0 heterocycles. The van der Waals surface area contributed by atoms with Crippen molar-refractivity contribution < 1.29 is 21.7 Å². The third-order valence-electron chi connectivity index (χ3n) is 2.16. The van der Waals surface area contributed by atoms with E-state index in [4.69, 9.17) is 0 Å². The van der Waals surface area contributed by atoms with E-state index >= 15 is 0 Å². The Kier molecular flexibility index (Phi) is 34.9. The van der Waals surface area contributed by atoms with Gasteiger partial charge in [-0.3, -0.25) is 0 Å². The maximum absolute atomic E-state index is 4.18. The molecule has 0 rings (SSSR count). The predicted octanol–water partition coefficient (Wildman–Crippen LogP) is 4.32. The standard InChI is InChI=1S/2C7H16N2.Ti/c2*1-3-8-6-5-7-9-4-2;/h2*3-7H2,1-2H3;/q2*-2;+4. The van der Waals surface area contributed by atoms with Gasteiger partial charge in [0.2, 0.25) is 0 Å². The molecular weight excluding hydrogens is 272 g/mol. The van der Waals surface area contributed by atoms with Crippen LogP contribution in [0.4, 0.5) is 0 Å². The van der Waals surface area contributed by atoms with Gasteiger partial charge in [0, 0.05) is 0 Å². The molecule has 112 valence electrons. The molecule has 0 aliphatic heterocycles. The molecule has 4 nitrogen and oxygen atoms in total. The van der Waals surface area contributed by atoms with Crippen molar-refractivity contribution in [3.8, 4) is 0 Å². The predicted molar refractivity (Wildman–Crippen MR) is 84.3 cm³/mol. The van der Waals surface area contributed by atoms with E-state index in [0.717, 1.165) is 65.2 Å². The maximum atomic E-state index is 4.18. The van der Waals surface area contributed by atoms with Crippen LogP contribution in [0.5, 0.6) is 0 Å². The first-order valence-electron chi connectivity index (χ1n) is 7.36. The van der Waals surface area contributed by atoms with Crippen LogP contribution >= 0.6 is 0 Å². The topological polar surface area (TPSA) is 56.4 Å². The Morgan fingerprint density at radius 1 is 0.474 bits per heavy atom. The van der Waals surface area contributed by atoms with Crippen molar-refractivity contribution in [1.82, 2.24) is 0 Å². The molecule has 0 amide bonds. The van der Waals surface area contributed by atoms with E-state index in [0.29, 0.717) is 0 Å². The Morgan fingerprint density at radius 3 is 0.842 bits per heavy atom. The van der Waals surface area contributed by atoms with E-state index < -0.39 is 0 Å². The smallest absolute Gasteiger partial charge is 0.663 e. The fraction of sp³-hybridized carbons (Fsp3) is 1.00. The SMILES string of the molecule is CC[N-]CCC[N-]CC.CC[N-]CCC[N-]CC.[Ti+4]. The fourth-order valence-electron chi connectivity index (χ4n) is 1.22. The summed E-state index contributed by atoms with van der Waals surface area (Å²) in [4.78, 5) is 0. The average molecular weight is 304 g/mol. The monoisotopic (exact) mass is 304 g/mol. The molecule has 0 radical (unpaired) electrons. The summed E-state index contributed by atoms with van der Waals surface area (Å²) in [6.45, 7) is 16.0. The first-order chi connectivity index (χ1) is 8.83. The first kappa shape index (κ1) is 24.6. The minimum Gasteiger partial charge on any atom is -0.663 e. The van der Waals surface area contributed by atoms with Crippen molar-refractivity contribution in [3.63, 3.8) is 0 Å². The van der Waals surface area contributed by atoms with Gasteiger partial charge in [-0.15, -0.1) is 0 Å². The van der Waals surface area contributed by atoms with E-state index in [1.54, 1.807) is 0 Å². The minimum absolute atomic E-state index is 0. The van der Waals surface area contributed by atoms with Crippen LogP contribution in [0.3, 0.4) is 0 Å². The van der Waals surface area contributed by atoms with Crippen molar-refractivity contribution in [2.45, 2.75) is 40.5 Å². The Labute approximate surface area is 136 Å². The van der Waals surface area contributed by atoms with Crippen LogP contribution in [0.15, 0.2) is 0 Å². The second-order valence-electron chi connectivity index (χ2n) is 3.76. The van der Waals surface area contributed by atoms with E-state index in [1.807, 2.05) is 0 Å². The quantitative estimate of drug-likeness (QED) is 0.381. The fourth-order valence-corrected chi connectivity index (χ4v) is 1.22. The van der Waals surface area contributed by atoms with Crippen LogP contribution in [0, 0.1) is 0 Å². The van der Waals surface area contributed by atoms with E-state index in [-0.39, 0.29) is 21.7 Å². The van der Waals surface area contributed by atoms with Gasteiger partial charge in [-0.25, -0.2) is 0 Å². The molecule has 0 aliphatic carbocycles. The van der Waals surface area contributed by atoms with Crippen molar-refractivity contribution in [2.24, 2.45) is 0 Å². The molecule has 5 heteroatoms. The molecule has 0 fully saturated rings. The molecule has 0 bridgehead atoms. The summed E-state index contributed by atoms with van der Waals surface area (Å²) in [5.74, 6) is 0. The number of hydrogen-bond donors (Lipinski definition) is 0. The zero-order chi connectivity index (χ0) is 13.9. The summed E-state index contributed by atoms with van der Waals surface area (Å²) in [6.07, 6.45) is 2.25. The van der Waals surface area contributed by atoms with Crippen molar-refractivity contribution in [2.75, 3.05) is 52.4 Å². The second kappa shape index (κ2) is 27.0. The molecule has 0 spiro atoms. The van der Waals surface area contributed by atoms with E-state index in [1.165, 1.54) is 0 Å². The molecule has 0 aromatic heterocycles. The summed E-state index contributed by atoms with van der Waals surface area (Å²) in [5, 5.41) is 16.7. The Morgan fingerprint density at radius 2 is 0.684 bits per heavy atom. The Hall–Kier alpha value is 0.554. The van der Waals surface area contributed by atoms with E-state index in [2.05, 4.69) is 49.0 Å². The Balaban J connectivity index is -0.000000256. The van der Waals surface area contributed by atoms with Gasteiger partial charge < -0.3 is 21.3 Å². The summed E-state index contributed by atoms with van der Waals surface area (Å²) in [5.41, 5.74) is 0. The molecule has 0 N–H and O–H groups in total. The summed E-state index contributed by atoms with van der Waals surface area (Å²) < 4.78 is 0. The normalized spacial score (nSPS) is 9.47. The molecule has 0 atom stereocenters. The van der Waals surface area contributed by atoms with Gasteiger partial charge in [0.15, 0.2) is 0 Å². The van der Waals surface area contributed by atoms with Gasteiger partial charge in [-0.1, -0.05) is 40.5 Å². The van der Waals surface area contributed by atoms with Crippen LogP contribution < -0.4 is 0 Å². The zero-order valence-electron chi connectivity index (χ0n) is 13.4. The molecule has 0 aliphatic rings. The molecule has 0 saturated carbocycles. The zero-order valence-corrected chi connectivity index (χ0v) is 14.9. The summed E-state index contributed by atoms with van der Waals surface area (Å²) >= 11 is 0. The van der Waals surface area contributed by atoms with Crippen LogP contribution in [-0.4, -0.2) is 52.4 Å². The van der Waals surface area contributed by atoms with Crippen LogP contribution in [0.25, 0.3) is 21.3 Å². The van der Waals surface area contributed by atoms with Crippen LogP contribution in [-0.2, 0) is 21.7 Å². The summed E-state index contributed by atoms with van der Waals surface area (Å²) in [7, 11) is 0. The number of nitrogens with zero attached hydrogens (tertiary/aromatic N) is 4. The molecule has 19 heavy (non-hydrogen) atoms. The average Bonchev–Trinajstić information content (AvgIpc) is 2.39. The molecule has 0 aromatic rings. The molecule has 0 unspecified atom stereocenters. The maximum Gasteiger partial charge on any atom is 4.00 e. The first-order valence-corrected chi connectivity index (χ1v) is 7.36. The van der Waals surface area contributed by atoms with Gasteiger partial charge in [0.05, 0.1) is 0 Å². The summed E-state index contributed by atoms with van der Waals surface area (Å²) in [6, 6.07) is 0. The largest absolute Gasteiger partial charge is 4.00 e. The van der Waals surface area contributed by atoms with Gasteiger partial charge in [0.25, 0.3) is 0 Å². The van der Waals surface area contributed by atoms with Crippen molar-refractivity contribution >= 4 is 0 Å². The number of hydrogen-bond acceptors (Lipinski definition) is 0. The van der Waals surface area contributed by atoms with Gasteiger partial charge in [-0.05, 0) is 0 Å². The van der Waals surface area contributed by atoms with Crippen LogP contribution in [0.1, 0.15) is 40.5 Å². The molecular formula is C14H32N4Ti.